The fraction of sp³-hybridized carbons (Fsp3) is 0.231. The molecule has 0 aliphatic rings. The van der Waals surface area contributed by atoms with Gasteiger partial charge in [0, 0.05) is 11.6 Å². The van der Waals surface area contributed by atoms with E-state index in [1.165, 1.54) is 42.1 Å². The Kier molecular flexibility index (Phi) is 6.65. The van der Waals surface area contributed by atoms with Gasteiger partial charge in [0.1, 0.15) is 11.5 Å². The van der Waals surface area contributed by atoms with Gasteiger partial charge >= 0.3 is 12.3 Å². The Hall–Kier alpha value is -1.78. The van der Waals surface area contributed by atoms with E-state index < -0.39 is 23.9 Å². The van der Waals surface area contributed by atoms with E-state index in [4.69, 9.17) is 3.07 Å². The fourth-order valence-corrected chi connectivity index (χ4v) is 1.76. The molecule has 1 rings (SSSR count). The Morgan fingerprint density at radius 2 is 2.00 bits per heavy atom. The fourth-order valence-electron chi connectivity index (χ4n) is 1.38. The zero-order valence-corrected chi connectivity index (χ0v) is 13.3. The number of benzene rings is 1. The van der Waals surface area contributed by atoms with Crippen molar-refractivity contribution in [2.75, 3.05) is 6.61 Å². The van der Waals surface area contributed by atoms with Crippen LogP contribution in [0, 0.1) is 0 Å². The number of alkyl halides is 3. The van der Waals surface area contributed by atoms with Crippen molar-refractivity contribution in [3.05, 3.63) is 35.9 Å². The average Bonchev–Trinajstić information content (AvgIpc) is 2.43. The second-order valence-corrected chi connectivity index (χ2v) is 4.19. The largest absolute Gasteiger partial charge is 0.573 e. The van der Waals surface area contributed by atoms with E-state index in [1.54, 1.807) is 0 Å². The lowest BCUT2D eigenvalue weighted by Crippen LogP contribution is -2.17. The standard InChI is InChI=1S/C13H10F3IO5/c1-2-20-12(19)10(18)7-11(22-17)8-4-3-5-9(6-8)21-13(14,15)16/h3-7H,2H2,1H3/b11-7-. The van der Waals surface area contributed by atoms with Crippen molar-refractivity contribution in [3.63, 3.8) is 0 Å². The summed E-state index contributed by atoms with van der Waals surface area (Å²) in [5.41, 5.74) is 0.133. The second-order valence-electron chi connectivity index (χ2n) is 3.75. The van der Waals surface area contributed by atoms with Crippen LogP contribution in [0.2, 0.25) is 0 Å². The van der Waals surface area contributed by atoms with E-state index in [1.807, 2.05) is 0 Å². The van der Waals surface area contributed by atoms with Crippen molar-refractivity contribution in [3.8, 4) is 5.75 Å². The molecule has 120 valence electrons. The van der Waals surface area contributed by atoms with Crippen LogP contribution >= 0.6 is 23.0 Å². The Morgan fingerprint density at radius 1 is 1.32 bits per heavy atom. The SMILES string of the molecule is CCOC(=O)C(=O)/C=C(\OI)c1cccc(OC(F)(F)F)c1. The van der Waals surface area contributed by atoms with Crippen molar-refractivity contribution in [2.45, 2.75) is 13.3 Å². The molecule has 0 aliphatic carbocycles. The Balaban J connectivity index is 3.02. The number of carbonyl (C=O) groups is 2. The summed E-state index contributed by atoms with van der Waals surface area (Å²) in [6, 6.07) is 4.80. The molecule has 0 aromatic heterocycles. The van der Waals surface area contributed by atoms with Gasteiger partial charge in [0.2, 0.25) is 0 Å². The average molecular weight is 430 g/mol. The highest BCUT2D eigenvalue weighted by atomic mass is 127. The zero-order chi connectivity index (χ0) is 16.8. The molecule has 0 radical (unpaired) electrons. The van der Waals surface area contributed by atoms with Crippen LogP contribution in [-0.4, -0.2) is 24.7 Å². The predicted octanol–water partition coefficient (Wildman–Crippen LogP) is 3.42. The summed E-state index contributed by atoms with van der Waals surface area (Å²) in [5.74, 6) is -2.66. The third-order valence-corrected chi connectivity index (χ3v) is 2.65. The van der Waals surface area contributed by atoms with Crippen LogP contribution in [0.3, 0.4) is 0 Å². The van der Waals surface area contributed by atoms with Gasteiger partial charge in [0.05, 0.1) is 6.61 Å². The van der Waals surface area contributed by atoms with E-state index in [2.05, 4.69) is 9.47 Å². The molecule has 0 heterocycles. The number of esters is 1. The van der Waals surface area contributed by atoms with E-state index in [0.29, 0.717) is 0 Å². The van der Waals surface area contributed by atoms with Gasteiger partial charge in [0.25, 0.3) is 5.78 Å². The summed E-state index contributed by atoms with van der Waals surface area (Å²) in [5, 5.41) is 0. The number of ether oxygens (including phenoxy) is 2. The highest BCUT2D eigenvalue weighted by Crippen LogP contribution is 2.27. The topological polar surface area (TPSA) is 61.8 Å². The Morgan fingerprint density at radius 3 is 2.55 bits per heavy atom. The molecule has 9 heteroatoms. The lowest BCUT2D eigenvalue weighted by Gasteiger charge is -2.10. The Bertz CT molecular complexity index is 583. The molecule has 1 aromatic carbocycles. The minimum Gasteiger partial charge on any atom is -0.460 e. The van der Waals surface area contributed by atoms with Crippen LogP contribution in [0.1, 0.15) is 12.5 Å². The van der Waals surface area contributed by atoms with Crippen LogP contribution in [-0.2, 0) is 17.4 Å². The third kappa shape index (κ3) is 5.92. The molecule has 0 aliphatic heterocycles. The molecule has 5 nitrogen and oxygen atoms in total. The first kappa shape index (κ1) is 18.3. The van der Waals surface area contributed by atoms with Crippen LogP contribution in [0.4, 0.5) is 13.2 Å². The number of carbonyl (C=O) groups excluding carboxylic acids is 2. The van der Waals surface area contributed by atoms with Crippen molar-refractivity contribution in [1.29, 1.82) is 0 Å². The molecule has 0 saturated heterocycles. The van der Waals surface area contributed by atoms with Gasteiger partial charge in [-0.3, -0.25) is 4.79 Å². The normalized spacial score (nSPS) is 11.8. The minimum absolute atomic E-state index is 0.0216. The summed E-state index contributed by atoms with van der Waals surface area (Å²) in [7, 11) is 0. The molecule has 0 unspecified atom stereocenters. The molecular weight excluding hydrogens is 420 g/mol. The number of ketones is 1. The number of halogens is 4. The second kappa shape index (κ2) is 8.01. The van der Waals surface area contributed by atoms with Crippen LogP contribution in [0.5, 0.6) is 5.75 Å². The summed E-state index contributed by atoms with van der Waals surface area (Å²) in [6.07, 6.45) is -4.01. The van der Waals surface area contributed by atoms with Crippen molar-refractivity contribution in [1.82, 2.24) is 0 Å². The molecule has 0 atom stereocenters. The number of hydrogen-bond donors (Lipinski definition) is 0. The van der Waals surface area contributed by atoms with Gasteiger partial charge in [-0.25, -0.2) is 4.79 Å². The molecule has 0 amide bonds. The van der Waals surface area contributed by atoms with Gasteiger partial charge in [-0.2, -0.15) is 0 Å². The Labute approximate surface area is 137 Å². The summed E-state index contributed by atoms with van der Waals surface area (Å²) in [6.45, 7) is 1.55. The van der Waals surface area contributed by atoms with E-state index >= 15 is 0 Å². The van der Waals surface area contributed by atoms with E-state index in [-0.39, 0.29) is 17.9 Å². The van der Waals surface area contributed by atoms with E-state index in [0.717, 1.165) is 18.2 Å². The first-order chi connectivity index (χ1) is 10.3. The van der Waals surface area contributed by atoms with Crippen molar-refractivity contribution >= 4 is 40.5 Å². The molecule has 0 saturated carbocycles. The first-order valence-electron chi connectivity index (χ1n) is 5.84. The maximum atomic E-state index is 12.2. The highest BCUT2D eigenvalue weighted by Gasteiger charge is 2.31. The lowest BCUT2D eigenvalue weighted by molar-refractivity contribution is -0.274. The molecule has 0 spiro atoms. The first-order valence-corrected chi connectivity index (χ1v) is 6.72. The van der Waals surface area contributed by atoms with E-state index in [9.17, 15) is 22.8 Å². The van der Waals surface area contributed by atoms with Crippen LogP contribution in [0.15, 0.2) is 30.3 Å². The maximum Gasteiger partial charge on any atom is 0.573 e. The van der Waals surface area contributed by atoms with Gasteiger partial charge in [-0.1, -0.05) is 12.1 Å². The minimum atomic E-state index is -4.84. The summed E-state index contributed by atoms with van der Waals surface area (Å²) in [4.78, 5) is 22.8. The van der Waals surface area contributed by atoms with Gasteiger partial charge in [0.15, 0.2) is 23.0 Å². The molecule has 0 N–H and O–H groups in total. The molecule has 0 fully saturated rings. The zero-order valence-electron chi connectivity index (χ0n) is 11.1. The number of rotatable bonds is 6. The maximum absolute atomic E-state index is 12.2. The third-order valence-electron chi connectivity index (χ3n) is 2.17. The summed E-state index contributed by atoms with van der Waals surface area (Å²) < 4.78 is 49.7. The smallest absolute Gasteiger partial charge is 0.460 e. The van der Waals surface area contributed by atoms with Gasteiger partial charge in [-0.15, -0.1) is 13.2 Å². The highest BCUT2D eigenvalue weighted by molar-refractivity contribution is 14.1. The molecule has 1 aromatic rings. The quantitative estimate of drug-likeness (QED) is 0.228. The monoisotopic (exact) mass is 430 g/mol. The molecule has 0 bridgehead atoms. The van der Waals surface area contributed by atoms with Crippen LogP contribution in [0.25, 0.3) is 5.76 Å². The predicted molar refractivity (Wildman–Crippen MR) is 77.8 cm³/mol. The van der Waals surface area contributed by atoms with Gasteiger partial charge in [-0.05, 0) is 19.1 Å². The van der Waals surface area contributed by atoms with Crippen LogP contribution < -0.4 is 4.74 Å². The number of hydrogen-bond acceptors (Lipinski definition) is 5. The molecule has 22 heavy (non-hydrogen) atoms. The van der Waals surface area contributed by atoms with Crippen molar-refractivity contribution in [2.24, 2.45) is 0 Å². The molecular formula is C13H10F3IO5. The van der Waals surface area contributed by atoms with Gasteiger partial charge < -0.3 is 12.5 Å². The summed E-state index contributed by atoms with van der Waals surface area (Å²) >= 11 is 1.44. The lowest BCUT2D eigenvalue weighted by atomic mass is 10.1. The van der Waals surface area contributed by atoms with Crippen molar-refractivity contribution < 1.29 is 35.3 Å².